The van der Waals surface area contributed by atoms with E-state index in [1.54, 1.807) is 7.11 Å². The number of ether oxygens (including phenoxy) is 1. The predicted octanol–water partition coefficient (Wildman–Crippen LogP) is 3.54. The van der Waals surface area contributed by atoms with Crippen LogP contribution in [0.4, 0.5) is 5.69 Å². The molecule has 0 aromatic heterocycles. The summed E-state index contributed by atoms with van der Waals surface area (Å²) in [5.74, 6) is 4.18. The summed E-state index contributed by atoms with van der Waals surface area (Å²) in [5.41, 5.74) is 4.36. The highest BCUT2D eigenvalue weighted by atomic mass is 28.3. The smallest absolute Gasteiger partial charge is 0.129 e. The van der Waals surface area contributed by atoms with Crippen LogP contribution in [-0.2, 0) is 0 Å². The molecule has 0 bridgehead atoms. The highest BCUT2D eigenvalue weighted by molar-refractivity contribution is 6.83. The van der Waals surface area contributed by atoms with Crippen LogP contribution in [0.15, 0.2) is 36.9 Å². The van der Waals surface area contributed by atoms with E-state index in [0.29, 0.717) is 0 Å². The largest absolute Gasteiger partial charge is 0.497 e. The maximum absolute atomic E-state index is 9.65. The van der Waals surface area contributed by atoms with Gasteiger partial charge in [-0.15, -0.1) is 12.1 Å². The molecule has 120 valence electrons. The Morgan fingerprint density at radius 3 is 2.41 bits per heavy atom. The quantitative estimate of drug-likeness (QED) is 0.459. The molecule has 0 aliphatic rings. The fourth-order valence-corrected chi connectivity index (χ4v) is 2.55. The first-order chi connectivity index (χ1) is 10.4. The lowest BCUT2D eigenvalue weighted by molar-refractivity contribution is 0.223. The minimum atomic E-state index is -1.46. The second-order valence-corrected chi connectivity index (χ2v) is 11.1. The Morgan fingerprint density at radius 1 is 1.32 bits per heavy atom. The molecule has 22 heavy (non-hydrogen) atoms. The lowest BCUT2D eigenvalue weighted by Gasteiger charge is -2.23. The standard InChI is InChI=1S/C18H27NO2Si/c1-6-7-15(14-20)18(12-13-22(3,4)5)19-16-8-10-17(21-2)11-9-16/h6,8-11,15,18-20H,1,7,14H2,2-5H3/t15-,18?/m1/s1. The Balaban J connectivity index is 2.96. The molecule has 0 spiro atoms. The number of methoxy groups -OCH3 is 1. The fraction of sp³-hybridized carbons (Fsp3) is 0.444. The lowest BCUT2D eigenvalue weighted by Crippen LogP contribution is -2.31. The minimum absolute atomic E-state index is 0.0310. The van der Waals surface area contributed by atoms with Gasteiger partial charge in [0.05, 0.1) is 13.2 Å². The summed E-state index contributed by atoms with van der Waals surface area (Å²) in [6.07, 6.45) is 2.56. The number of aliphatic hydroxyl groups excluding tert-OH is 1. The van der Waals surface area contributed by atoms with E-state index in [2.05, 4.69) is 43.0 Å². The third kappa shape index (κ3) is 6.38. The van der Waals surface area contributed by atoms with Crippen molar-refractivity contribution in [1.29, 1.82) is 0 Å². The van der Waals surface area contributed by atoms with E-state index < -0.39 is 8.07 Å². The van der Waals surface area contributed by atoms with Crippen LogP contribution in [0.3, 0.4) is 0 Å². The number of anilines is 1. The SMILES string of the molecule is C=CC[C@H](CO)C(C#C[Si](C)(C)C)Nc1ccc(OC)cc1. The van der Waals surface area contributed by atoms with Gasteiger partial charge in [-0.1, -0.05) is 31.6 Å². The summed E-state index contributed by atoms with van der Waals surface area (Å²) < 4.78 is 5.17. The molecule has 0 heterocycles. The second-order valence-electron chi connectivity index (χ2n) is 6.34. The van der Waals surface area contributed by atoms with E-state index in [1.807, 2.05) is 30.3 Å². The Morgan fingerprint density at radius 2 is 1.95 bits per heavy atom. The molecule has 2 atom stereocenters. The van der Waals surface area contributed by atoms with Gasteiger partial charge in [0.25, 0.3) is 0 Å². The highest BCUT2D eigenvalue weighted by Crippen LogP contribution is 2.19. The molecule has 1 aromatic carbocycles. The number of benzene rings is 1. The summed E-state index contributed by atoms with van der Waals surface area (Å²) in [7, 11) is 0.187. The number of nitrogens with one attached hydrogen (secondary N) is 1. The molecule has 0 amide bonds. The first kappa shape index (κ1) is 18.3. The van der Waals surface area contributed by atoms with Crippen molar-refractivity contribution < 1.29 is 9.84 Å². The van der Waals surface area contributed by atoms with Crippen LogP contribution in [0.2, 0.25) is 19.6 Å². The molecule has 0 aliphatic carbocycles. The highest BCUT2D eigenvalue weighted by Gasteiger charge is 2.19. The third-order valence-electron chi connectivity index (χ3n) is 3.19. The van der Waals surface area contributed by atoms with E-state index in [0.717, 1.165) is 17.9 Å². The minimum Gasteiger partial charge on any atom is -0.497 e. The maximum atomic E-state index is 9.65. The molecule has 1 aromatic rings. The zero-order valence-electron chi connectivity index (χ0n) is 14.0. The number of hydrogen-bond donors (Lipinski definition) is 2. The molecule has 0 aliphatic heterocycles. The van der Waals surface area contributed by atoms with Crippen molar-refractivity contribution in [3.63, 3.8) is 0 Å². The molecule has 0 fully saturated rings. The Hall–Kier alpha value is -1.70. The van der Waals surface area contributed by atoms with Crippen molar-refractivity contribution in [2.24, 2.45) is 5.92 Å². The van der Waals surface area contributed by atoms with Crippen LogP contribution >= 0.6 is 0 Å². The van der Waals surface area contributed by atoms with E-state index >= 15 is 0 Å². The van der Waals surface area contributed by atoms with Crippen LogP contribution in [0.25, 0.3) is 0 Å². The van der Waals surface area contributed by atoms with Crippen molar-refractivity contribution in [3.8, 4) is 17.2 Å². The van der Waals surface area contributed by atoms with Crippen LogP contribution in [0.1, 0.15) is 6.42 Å². The Bertz CT molecular complexity index is 523. The summed E-state index contributed by atoms with van der Waals surface area (Å²) in [6.45, 7) is 10.5. The zero-order valence-corrected chi connectivity index (χ0v) is 15.0. The first-order valence-corrected chi connectivity index (χ1v) is 11.0. The third-order valence-corrected chi connectivity index (χ3v) is 4.08. The topological polar surface area (TPSA) is 41.5 Å². The summed E-state index contributed by atoms with van der Waals surface area (Å²) in [4.78, 5) is 0. The number of allylic oxidation sites excluding steroid dienone is 1. The lowest BCUT2D eigenvalue weighted by atomic mass is 9.97. The van der Waals surface area contributed by atoms with E-state index in [9.17, 15) is 5.11 Å². The molecular formula is C18H27NO2Si. The van der Waals surface area contributed by atoms with Gasteiger partial charge < -0.3 is 15.2 Å². The van der Waals surface area contributed by atoms with Crippen LogP contribution in [0.5, 0.6) is 5.75 Å². The summed E-state index contributed by atoms with van der Waals surface area (Å²) in [6, 6.07) is 7.65. The van der Waals surface area contributed by atoms with E-state index in [-0.39, 0.29) is 18.6 Å². The Labute approximate surface area is 135 Å². The number of aliphatic hydroxyl groups is 1. The summed E-state index contributed by atoms with van der Waals surface area (Å²) in [5, 5.41) is 13.1. The number of hydrogen-bond acceptors (Lipinski definition) is 3. The van der Waals surface area contributed by atoms with Gasteiger partial charge in [-0.3, -0.25) is 0 Å². The molecule has 0 saturated heterocycles. The maximum Gasteiger partial charge on any atom is 0.129 e. The molecule has 1 rings (SSSR count). The van der Waals surface area contributed by atoms with Gasteiger partial charge in [-0.25, -0.2) is 0 Å². The first-order valence-electron chi connectivity index (χ1n) is 7.54. The monoisotopic (exact) mass is 317 g/mol. The van der Waals surface area contributed by atoms with Crippen LogP contribution in [-0.4, -0.2) is 32.9 Å². The van der Waals surface area contributed by atoms with Gasteiger partial charge in [-0.05, 0) is 30.7 Å². The molecule has 1 unspecified atom stereocenters. The van der Waals surface area contributed by atoms with Crippen LogP contribution in [0, 0.1) is 17.4 Å². The van der Waals surface area contributed by atoms with Gasteiger partial charge in [0.1, 0.15) is 13.8 Å². The molecule has 0 saturated carbocycles. The number of rotatable bonds is 7. The van der Waals surface area contributed by atoms with Crippen molar-refractivity contribution >= 4 is 13.8 Å². The molecule has 0 radical (unpaired) electrons. The predicted molar refractivity (Wildman–Crippen MR) is 96.9 cm³/mol. The van der Waals surface area contributed by atoms with E-state index in [4.69, 9.17) is 4.74 Å². The van der Waals surface area contributed by atoms with Gasteiger partial charge in [0, 0.05) is 18.2 Å². The second kappa shape index (κ2) is 8.67. The van der Waals surface area contributed by atoms with Gasteiger partial charge in [-0.2, -0.15) is 0 Å². The average Bonchev–Trinajstić information content (AvgIpc) is 2.49. The zero-order chi connectivity index (χ0) is 16.6. The van der Waals surface area contributed by atoms with Gasteiger partial charge >= 0.3 is 0 Å². The molecule has 3 nitrogen and oxygen atoms in total. The van der Waals surface area contributed by atoms with Gasteiger partial charge in [0.15, 0.2) is 0 Å². The summed E-state index contributed by atoms with van der Waals surface area (Å²) >= 11 is 0. The molecular weight excluding hydrogens is 290 g/mol. The Kier molecular flexibility index (Phi) is 7.23. The van der Waals surface area contributed by atoms with Gasteiger partial charge in [0.2, 0.25) is 0 Å². The molecule has 2 N–H and O–H groups in total. The van der Waals surface area contributed by atoms with Crippen molar-refractivity contribution in [2.75, 3.05) is 19.0 Å². The van der Waals surface area contributed by atoms with Crippen molar-refractivity contribution in [3.05, 3.63) is 36.9 Å². The average molecular weight is 318 g/mol. The van der Waals surface area contributed by atoms with Crippen LogP contribution < -0.4 is 10.1 Å². The molecule has 4 heteroatoms. The normalized spacial score (nSPS) is 13.5. The fourth-order valence-electron chi connectivity index (χ4n) is 1.96. The van der Waals surface area contributed by atoms with Crippen molar-refractivity contribution in [2.45, 2.75) is 32.1 Å². The van der Waals surface area contributed by atoms with Crippen molar-refractivity contribution in [1.82, 2.24) is 0 Å². The van der Waals surface area contributed by atoms with E-state index in [1.165, 1.54) is 0 Å².